The lowest BCUT2D eigenvalue weighted by Crippen LogP contribution is -2.07. The van der Waals surface area contributed by atoms with Crippen LogP contribution in [0.5, 0.6) is 0 Å². The van der Waals surface area contributed by atoms with Gasteiger partial charge in [0.25, 0.3) is 0 Å². The largest absolute Gasteiger partial charge is 0.330 e. The fourth-order valence-electron chi connectivity index (χ4n) is 1.02. The summed E-state index contributed by atoms with van der Waals surface area (Å²) in [7, 11) is 0. The summed E-state index contributed by atoms with van der Waals surface area (Å²) in [5.74, 6) is 1.02. The molecule has 0 saturated heterocycles. The zero-order valence-corrected chi connectivity index (χ0v) is 9.75. The molecule has 1 atom stereocenters. The van der Waals surface area contributed by atoms with Gasteiger partial charge in [-0.15, -0.1) is 11.3 Å². The van der Waals surface area contributed by atoms with E-state index in [1.807, 2.05) is 18.7 Å². The van der Waals surface area contributed by atoms with Gasteiger partial charge in [0.2, 0.25) is 0 Å². The van der Waals surface area contributed by atoms with Gasteiger partial charge in [-0.25, -0.2) is 4.98 Å². The van der Waals surface area contributed by atoms with E-state index in [2.05, 4.69) is 17.3 Å². The molecule has 4 heteroatoms. The molecule has 0 amide bonds. The minimum absolute atomic E-state index is 0.645. The van der Waals surface area contributed by atoms with Crippen LogP contribution in [0.15, 0.2) is 5.38 Å². The van der Waals surface area contributed by atoms with Crippen LogP contribution >= 0.6 is 23.1 Å². The van der Waals surface area contributed by atoms with Gasteiger partial charge in [-0.2, -0.15) is 11.8 Å². The topological polar surface area (TPSA) is 38.9 Å². The van der Waals surface area contributed by atoms with Crippen molar-refractivity contribution in [2.75, 3.05) is 6.54 Å². The molecule has 0 aliphatic heterocycles. The van der Waals surface area contributed by atoms with Crippen molar-refractivity contribution in [2.24, 2.45) is 5.73 Å². The third-order valence-electron chi connectivity index (χ3n) is 1.76. The number of aromatic nitrogens is 1. The van der Waals surface area contributed by atoms with E-state index in [0.29, 0.717) is 5.25 Å². The Morgan fingerprint density at radius 1 is 1.69 bits per heavy atom. The molecule has 0 fully saturated rings. The summed E-state index contributed by atoms with van der Waals surface area (Å²) in [5, 5.41) is 3.94. The van der Waals surface area contributed by atoms with Gasteiger partial charge in [0.1, 0.15) is 0 Å². The molecule has 74 valence electrons. The van der Waals surface area contributed by atoms with E-state index in [9.17, 15) is 0 Å². The van der Waals surface area contributed by atoms with Crippen LogP contribution in [0.4, 0.5) is 0 Å². The summed E-state index contributed by atoms with van der Waals surface area (Å²) in [6, 6.07) is 0. The van der Waals surface area contributed by atoms with Gasteiger partial charge in [0, 0.05) is 16.4 Å². The lowest BCUT2D eigenvalue weighted by atomic mass is 10.3. The lowest BCUT2D eigenvalue weighted by molar-refractivity contribution is 0.822. The predicted octanol–water partition coefficient (Wildman–Crippen LogP) is 2.42. The third kappa shape index (κ3) is 4.11. The van der Waals surface area contributed by atoms with Crippen molar-refractivity contribution in [2.45, 2.75) is 31.3 Å². The van der Waals surface area contributed by atoms with Gasteiger partial charge >= 0.3 is 0 Å². The number of nitrogens with two attached hydrogens (primary N) is 1. The van der Waals surface area contributed by atoms with Crippen molar-refractivity contribution in [3.05, 3.63) is 16.1 Å². The molecule has 0 radical (unpaired) electrons. The third-order valence-corrected chi connectivity index (χ3v) is 3.84. The average Bonchev–Trinajstić information content (AvgIpc) is 2.49. The van der Waals surface area contributed by atoms with E-state index in [0.717, 1.165) is 23.7 Å². The van der Waals surface area contributed by atoms with Crippen molar-refractivity contribution in [3.8, 4) is 0 Å². The maximum absolute atomic E-state index is 5.48. The first kappa shape index (κ1) is 11.0. The SMILES string of the molecule is Cc1nc(CSC(C)CCN)cs1. The predicted molar refractivity (Wildman–Crippen MR) is 61.3 cm³/mol. The first-order chi connectivity index (χ1) is 6.22. The zero-order valence-electron chi connectivity index (χ0n) is 8.12. The number of hydrogen-bond donors (Lipinski definition) is 1. The van der Waals surface area contributed by atoms with Crippen molar-refractivity contribution in [1.82, 2.24) is 4.98 Å². The molecule has 0 aliphatic rings. The van der Waals surface area contributed by atoms with Crippen LogP contribution < -0.4 is 5.73 Å². The molecule has 0 spiro atoms. The van der Waals surface area contributed by atoms with Gasteiger partial charge in [-0.3, -0.25) is 0 Å². The molecule has 0 aromatic carbocycles. The fourth-order valence-corrected chi connectivity index (χ4v) is 2.64. The molecule has 1 aromatic rings. The molecular formula is C9H16N2S2. The molecule has 2 nitrogen and oxygen atoms in total. The second-order valence-electron chi connectivity index (χ2n) is 3.06. The molecule has 1 unspecified atom stereocenters. The highest BCUT2D eigenvalue weighted by Gasteiger charge is 2.03. The smallest absolute Gasteiger partial charge is 0.0897 e. The molecule has 0 bridgehead atoms. The van der Waals surface area contributed by atoms with E-state index >= 15 is 0 Å². The molecule has 2 N–H and O–H groups in total. The van der Waals surface area contributed by atoms with E-state index < -0.39 is 0 Å². The minimum atomic E-state index is 0.645. The number of thioether (sulfide) groups is 1. The van der Waals surface area contributed by atoms with Crippen molar-refractivity contribution < 1.29 is 0 Å². The second-order valence-corrected chi connectivity index (χ2v) is 5.55. The summed E-state index contributed by atoms with van der Waals surface area (Å²) in [5.41, 5.74) is 6.68. The molecule has 1 heterocycles. The van der Waals surface area contributed by atoms with Gasteiger partial charge in [0.15, 0.2) is 0 Å². The first-order valence-electron chi connectivity index (χ1n) is 4.45. The van der Waals surface area contributed by atoms with E-state index in [4.69, 9.17) is 5.73 Å². The molecular weight excluding hydrogens is 200 g/mol. The molecule has 13 heavy (non-hydrogen) atoms. The number of thiazole rings is 1. The minimum Gasteiger partial charge on any atom is -0.330 e. The summed E-state index contributed by atoms with van der Waals surface area (Å²) >= 11 is 3.65. The van der Waals surface area contributed by atoms with Crippen LogP contribution in [-0.4, -0.2) is 16.8 Å². The Bertz CT molecular complexity index is 248. The van der Waals surface area contributed by atoms with Crippen LogP contribution in [0.25, 0.3) is 0 Å². The van der Waals surface area contributed by atoms with Gasteiger partial charge in [-0.1, -0.05) is 6.92 Å². The van der Waals surface area contributed by atoms with Crippen molar-refractivity contribution in [1.29, 1.82) is 0 Å². The van der Waals surface area contributed by atoms with Crippen LogP contribution in [0, 0.1) is 6.92 Å². The molecule has 0 aliphatic carbocycles. The van der Waals surface area contributed by atoms with Crippen molar-refractivity contribution in [3.63, 3.8) is 0 Å². The normalized spacial score (nSPS) is 13.2. The summed E-state index contributed by atoms with van der Waals surface area (Å²) in [4.78, 5) is 4.41. The Morgan fingerprint density at radius 3 is 3.00 bits per heavy atom. The summed E-state index contributed by atoms with van der Waals surface area (Å²) in [6.07, 6.45) is 1.09. The Labute approximate surface area is 87.9 Å². The number of rotatable bonds is 5. The van der Waals surface area contributed by atoms with Gasteiger partial charge < -0.3 is 5.73 Å². The number of aryl methyl sites for hydroxylation is 1. The summed E-state index contributed by atoms with van der Waals surface area (Å²) < 4.78 is 0. The number of nitrogens with zero attached hydrogens (tertiary/aromatic N) is 1. The summed E-state index contributed by atoms with van der Waals surface area (Å²) in [6.45, 7) is 5.04. The monoisotopic (exact) mass is 216 g/mol. The number of hydrogen-bond acceptors (Lipinski definition) is 4. The van der Waals surface area contributed by atoms with E-state index in [1.54, 1.807) is 11.3 Å². The van der Waals surface area contributed by atoms with E-state index in [-0.39, 0.29) is 0 Å². The first-order valence-corrected chi connectivity index (χ1v) is 6.38. The quantitative estimate of drug-likeness (QED) is 0.821. The Balaban J connectivity index is 2.26. The zero-order chi connectivity index (χ0) is 9.68. The van der Waals surface area contributed by atoms with Crippen LogP contribution in [0.1, 0.15) is 24.0 Å². The average molecular weight is 216 g/mol. The van der Waals surface area contributed by atoms with E-state index in [1.165, 1.54) is 5.69 Å². The van der Waals surface area contributed by atoms with Gasteiger partial charge in [0.05, 0.1) is 10.7 Å². The fraction of sp³-hybridized carbons (Fsp3) is 0.667. The Morgan fingerprint density at radius 2 is 2.46 bits per heavy atom. The molecule has 1 aromatic heterocycles. The molecule has 1 rings (SSSR count). The second kappa shape index (κ2) is 5.62. The highest BCUT2D eigenvalue weighted by molar-refractivity contribution is 7.99. The van der Waals surface area contributed by atoms with Crippen LogP contribution in [-0.2, 0) is 5.75 Å². The Hall–Kier alpha value is -0.0600. The maximum atomic E-state index is 5.48. The Kier molecular flexibility index (Phi) is 4.77. The van der Waals surface area contributed by atoms with Crippen molar-refractivity contribution >= 4 is 23.1 Å². The van der Waals surface area contributed by atoms with Gasteiger partial charge in [-0.05, 0) is 19.9 Å². The maximum Gasteiger partial charge on any atom is 0.0897 e. The lowest BCUT2D eigenvalue weighted by Gasteiger charge is -2.07. The standard InChI is InChI=1S/C9H16N2S2/c1-7(3-4-10)12-5-9-6-13-8(2)11-9/h6-7H,3-5,10H2,1-2H3. The molecule has 0 saturated carbocycles. The highest BCUT2D eigenvalue weighted by Crippen LogP contribution is 2.20. The highest BCUT2D eigenvalue weighted by atomic mass is 32.2. The van der Waals surface area contributed by atoms with Crippen LogP contribution in [0.3, 0.4) is 0 Å². The van der Waals surface area contributed by atoms with Crippen LogP contribution in [0.2, 0.25) is 0 Å².